The summed E-state index contributed by atoms with van der Waals surface area (Å²) in [6, 6.07) is 13.8. The average Bonchev–Trinajstić information content (AvgIpc) is 3.47. The molecule has 4 heterocycles. The van der Waals surface area contributed by atoms with Crippen LogP contribution in [0.1, 0.15) is 45.2 Å². The highest BCUT2D eigenvalue weighted by Crippen LogP contribution is 2.47. The van der Waals surface area contributed by atoms with Gasteiger partial charge < -0.3 is 20.0 Å². The number of amides is 8. The molecule has 14 heteroatoms. The number of benzene rings is 2. The van der Waals surface area contributed by atoms with E-state index in [0.29, 0.717) is 0 Å². The molecule has 0 aliphatic carbocycles. The lowest BCUT2D eigenvalue weighted by Crippen LogP contribution is -2.58. The lowest BCUT2D eigenvalue weighted by Gasteiger charge is -2.35. The third-order valence-corrected chi connectivity index (χ3v) is 10.9. The molecule has 2 fully saturated rings. The summed E-state index contributed by atoms with van der Waals surface area (Å²) in [6.45, 7) is 5.77. The lowest BCUT2D eigenvalue weighted by atomic mass is 9.83. The average molecular weight is 751 g/mol. The van der Waals surface area contributed by atoms with E-state index < -0.39 is 59.7 Å². The largest absolute Gasteiger partial charge is 0.395 e. The molecule has 6 rings (SSSR count). The Kier molecular flexibility index (Phi) is 10.4. The van der Waals surface area contributed by atoms with Gasteiger partial charge in [-0.3, -0.25) is 38.8 Å². The first-order valence-electron chi connectivity index (χ1n) is 18.2. The minimum absolute atomic E-state index is 0.0871. The van der Waals surface area contributed by atoms with E-state index in [1.54, 1.807) is 12.2 Å². The topological polar surface area (TPSA) is 162 Å². The number of hydrogen-bond acceptors (Lipinski definition) is 10. The van der Waals surface area contributed by atoms with Gasteiger partial charge in [0.2, 0.25) is 0 Å². The third kappa shape index (κ3) is 6.44. The zero-order valence-corrected chi connectivity index (χ0v) is 31.9. The van der Waals surface area contributed by atoms with Crippen LogP contribution in [-0.2, 0) is 30.0 Å². The van der Waals surface area contributed by atoms with Gasteiger partial charge in [0.25, 0.3) is 23.6 Å². The number of para-hydroxylation sites is 2. The Balaban J connectivity index is 1.25. The number of β-amino-alcohol motifs (C(OH)–C–C–N with tert-alkyl or cyclic N) is 2. The highest BCUT2D eigenvalue weighted by molar-refractivity contribution is 6.29. The maximum atomic E-state index is 13.8. The van der Waals surface area contributed by atoms with Gasteiger partial charge >= 0.3 is 12.1 Å². The number of allylic oxidation sites excluding steroid dienone is 6. The summed E-state index contributed by atoms with van der Waals surface area (Å²) in [7, 11) is 3.78. The Labute approximate surface area is 319 Å². The van der Waals surface area contributed by atoms with E-state index in [1.807, 2.05) is 100 Å². The highest BCUT2D eigenvalue weighted by atomic mass is 16.3. The number of urea groups is 2. The van der Waals surface area contributed by atoms with Crippen LogP contribution in [0.3, 0.4) is 0 Å². The summed E-state index contributed by atoms with van der Waals surface area (Å²) >= 11 is 0. The molecule has 0 radical (unpaired) electrons. The second-order valence-electron chi connectivity index (χ2n) is 14.9. The molecular formula is C41H46N6O8. The Bertz CT molecular complexity index is 1970. The van der Waals surface area contributed by atoms with Crippen LogP contribution in [0.2, 0.25) is 0 Å². The fourth-order valence-electron chi connectivity index (χ4n) is 7.99. The molecule has 2 N–H and O–H groups in total. The fourth-order valence-corrected chi connectivity index (χ4v) is 7.99. The predicted molar refractivity (Wildman–Crippen MR) is 205 cm³/mol. The number of aliphatic hydroxyl groups is 2. The minimum Gasteiger partial charge on any atom is -0.395 e. The van der Waals surface area contributed by atoms with Crippen LogP contribution in [0.5, 0.6) is 0 Å². The van der Waals surface area contributed by atoms with E-state index in [1.165, 1.54) is 12.2 Å². The molecule has 0 saturated carbocycles. The van der Waals surface area contributed by atoms with Gasteiger partial charge in [0.05, 0.1) is 26.3 Å². The molecule has 288 valence electrons. The highest BCUT2D eigenvalue weighted by Gasteiger charge is 2.45. The number of carbonyl (C=O) groups excluding carboxylic acids is 6. The van der Waals surface area contributed by atoms with Gasteiger partial charge in [0.1, 0.15) is 11.1 Å². The van der Waals surface area contributed by atoms with Gasteiger partial charge in [-0.15, -0.1) is 0 Å². The molecule has 14 nitrogen and oxygen atoms in total. The number of imide groups is 4. The minimum atomic E-state index is -0.940. The van der Waals surface area contributed by atoms with E-state index in [-0.39, 0.29) is 43.7 Å². The van der Waals surface area contributed by atoms with Crippen molar-refractivity contribution in [1.29, 1.82) is 0 Å². The van der Waals surface area contributed by atoms with E-state index >= 15 is 0 Å². The quantitative estimate of drug-likeness (QED) is 0.272. The first kappa shape index (κ1) is 38.9. The van der Waals surface area contributed by atoms with Crippen molar-refractivity contribution in [2.45, 2.75) is 44.9 Å². The number of barbiturate groups is 2. The van der Waals surface area contributed by atoms with Crippen LogP contribution in [-0.4, -0.2) is 119 Å². The molecule has 55 heavy (non-hydrogen) atoms. The van der Waals surface area contributed by atoms with E-state index in [2.05, 4.69) is 0 Å². The van der Waals surface area contributed by atoms with Crippen molar-refractivity contribution in [1.82, 2.24) is 19.6 Å². The maximum absolute atomic E-state index is 13.8. The van der Waals surface area contributed by atoms with Crippen molar-refractivity contribution in [3.63, 3.8) is 0 Å². The molecule has 2 saturated heterocycles. The van der Waals surface area contributed by atoms with Crippen LogP contribution in [0.4, 0.5) is 21.0 Å². The van der Waals surface area contributed by atoms with Crippen molar-refractivity contribution in [3.8, 4) is 0 Å². The standard InChI is InChI=1S/C41H46N6O8/c1-40(2)28-12-7-9-14-30(28)42(5)32(40)18-16-26-34(50)44(38(54)46(22-24-48)36(26)52)20-11-21-45-35(51)27(37(53)47(23-25-49)39(45)55)17-19-33-41(3,4)29-13-8-10-15-31(29)43(33)6/h7-10,12-19,48-49H,11,20-25H2,1-6H3/b26-16-,27-17-,32-18+,33-19+. The van der Waals surface area contributed by atoms with Crippen LogP contribution in [0, 0.1) is 0 Å². The first-order chi connectivity index (χ1) is 26.1. The summed E-state index contributed by atoms with van der Waals surface area (Å²) in [5.41, 5.74) is 4.24. The van der Waals surface area contributed by atoms with Gasteiger partial charge in [-0.05, 0) is 54.0 Å². The number of aliphatic hydroxyl groups excluding tert-OH is 2. The van der Waals surface area contributed by atoms with E-state index in [9.17, 15) is 39.0 Å². The number of nitrogens with zero attached hydrogens (tertiary/aromatic N) is 6. The Morgan fingerprint density at radius 3 is 1.16 bits per heavy atom. The molecule has 0 unspecified atom stereocenters. The third-order valence-electron chi connectivity index (χ3n) is 10.9. The Hall–Kier alpha value is -5.86. The van der Waals surface area contributed by atoms with Crippen LogP contribution in [0.15, 0.2) is 95.4 Å². The smallest absolute Gasteiger partial charge is 0.334 e. The van der Waals surface area contributed by atoms with E-state index in [0.717, 1.165) is 53.5 Å². The Morgan fingerprint density at radius 1 is 0.509 bits per heavy atom. The molecule has 0 bridgehead atoms. The summed E-state index contributed by atoms with van der Waals surface area (Å²) in [5.74, 6) is -3.42. The molecule has 2 aromatic carbocycles. The van der Waals surface area contributed by atoms with Crippen LogP contribution < -0.4 is 9.80 Å². The number of carbonyl (C=O) groups is 6. The number of likely N-dealkylation sites (N-methyl/N-ethyl adjacent to an activating group) is 2. The number of hydrogen-bond donors (Lipinski definition) is 2. The molecular weight excluding hydrogens is 704 g/mol. The maximum Gasteiger partial charge on any atom is 0.334 e. The summed E-state index contributed by atoms with van der Waals surface area (Å²) in [4.78, 5) is 88.7. The monoisotopic (exact) mass is 750 g/mol. The molecule has 0 spiro atoms. The molecule has 4 aliphatic heterocycles. The second-order valence-corrected chi connectivity index (χ2v) is 14.9. The predicted octanol–water partition coefficient (Wildman–Crippen LogP) is 3.42. The summed E-state index contributed by atoms with van der Waals surface area (Å²) in [6.07, 6.45) is 6.05. The van der Waals surface area contributed by atoms with Crippen LogP contribution in [0.25, 0.3) is 0 Å². The molecule has 8 amide bonds. The van der Waals surface area contributed by atoms with Crippen molar-refractivity contribution in [2.24, 2.45) is 0 Å². The fraction of sp³-hybridized carbons (Fsp3) is 0.366. The normalized spacial score (nSPS) is 22.4. The molecule has 2 aromatic rings. The van der Waals surface area contributed by atoms with Crippen molar-refractivity contribution < 1.29 is 39.0 Å². The van der Waals surface area contributed by atoms with Crippen molar-refractivity contribution in [3.05, 3.63) is 107 Å². The molecule has 4 aliphatic rings. The lowest BCUT2D eigenvalue weighted by molar-refractivity contribution is -0.137. The first-order valence-corrected chi connectivity index (χ1v) is 18.2. The zero-order chi connectivity index (χ0) is 40.0. The number of rotatable bonds is 10. The number of anilines is 2. The van der Waals surface area contributed by atoms with Gasteiger partial charge in [-0.1, -0.05) is 64.1 Å². The Morgan fingerprint density at radius 2 is 0.836 bits per heavy atom. The second kappa shape index (κ2) is 14.8. The molecule has 0 aromatic heterocycles. The number of fused-ring (bicyclic) bond motifs is 2. The van der Waals surface area contributed by atoms with E-state index in [4.69, 9.17) is 0 Å². The molecule has 0 atom stereocenters. The van der Waals surface area contributed by atoms with Crippen LogP contribution >= 0.6 is 0 Å². The SMILES string of the molecule is CN1/C(=C/C=C2\C(=O)N(CCO)C(=O)N(CCCN3C(=O)/C(=C/C=C4/N(C)c5ccccc5C4(C)C)C(=O)N(CCO)C3=O)C2=O)C(C)(C)c2ccccc21. The van der Waals surface area contributed by atoms with Gasteiger partial charge in [0, 0.05) is 60.8 Å². The zero-order valence-electron chi connectivity index (χ0n) is 31.9. The van der Waals surface area contributed by atoms with Crippen molar-refractivity contribution >= 4 is 47.1 Å². The van der Waals surface area contributed by atoms with Gasteiger partial charge in [0.15, 0.2) is 0 Å². The van der Waals surface area contributed by atoms with Gasteiger partial charge in [-0.25, -0.2) is 9.59 Å². The summed E-state index contributed by atoms with van der Waals surface area (Å²) in [5, 5.41) is 19.4. The van der Waals surface area contributed by atoms with Gasteiger partial charge in [-0.2, -0.15) is 0 Å². The summed E-state index contributed by atoms with van der Waals surface area (Å²) < 4.78 is 0. The van der Waals surface area contributed by atoms with Crippen molar-refractivity contribution in [2.75, 3.05) is 63.3 Å².